The normalized spacial score (nSPS) is 13.4. The zero-order valence-corrected chi connectivity index (χ0v) is 47.1. The van der Waals surface area contributed by atoms with E-state index in [2.05, 4.69) is 41.9 Å². The molecule has 6 rings (SSSR count). The molecule has 5 atom stereocenters. The van der Waals surface area contributed by atoms with Crippen LogP contribution in [0.1, 0.15) is 94.9 Å². The number of amides is 6. The largest absolute Gasteiger partial charge is 0.467 e. The van der Waals surface area contributed by atoms with Gasteiger partial charge in [-0.25, -0.2) is 24.4 Å². The lowest BCUT2D eigenvalue weighted by molar-refractivity contribution is -0.160. The molecule has 428 valence electrons. The van der Waals surface area contributed by atoms with Gasteiger partial charge >= 0.3 is 18.0 Å². The van der Waals surface area contributed by atoms with Crippen LogP contribution in [-0.2, 0) is 79.7 Å². The predicted octanol–water partition coefficient (Wildman–Crippen LogP) is 4.71. The van der Waals surface area contributed by atoms with Crippen molar-refractivity contribution in [3.8, 4) is 0 Å². The molecule has 21 heteroatoms. The second kappa shape index (κ2) is 27.6. The average molecular weight is 1110 g/mol. The van der Waals surface area contributed by atoms with Crippen LogP contribution in [-0.4, -0.2) is 115 Å². The summed E-state index contributed by atoms with van der Waals surface area (Å²) in [6.45, 7) is 11.5. The highest BCUT2D eigenvalue weighted by atomic mass is 16.6. The predicted molar refractivity (Wildman–Crippen MR) is 299 cm³/mol. The van der Waals surface area contributed by atoms with Gasteiger partial charge in [0.05, 0.1) is 38.3 Å². The van der Waals surface area contributed by atoms with Gasteiger partial charge in [0, 0.05) is 44.5 Å². The van der Waals surface area contributed by atoms with E-state index in [1.54, 1.807) is 70.2 Å². The maximum atomic E-state index is 15.3. The molecule has 0 fully saturated rings. The van der Waals surface area contributed by atoms with Gasteiger partial charge in [-0.3, -0.25) is 24.0 Å². The molecule has 2 heterocycles. The average Bonchev–Trinajstić information content (AvgIpc) is 4.09. The zero-order chi connectivity index (χ0) is 58.9. The molecule has 0 radical (unpaired) electrons. The Morgan fingerprint density at radius 1 is 0.556 bits per heavy atom. The van der Waals surface area contributed by atoms with Crippen LogP contribution >= 0.6 is 0 Å². The van der Waals surface area contributed by atoms with E-state index in [-0.39, 0.29) is 12.8 Å². The minimum absolute atomic E-state index is 0.143. The van der Waals surface area contributed by atoms with E-state index in [4.69, 9.17) is 14.2 Å². The number of nitrogens with one attached hydrogen (secondary N) is 6. The second-order valence-electron chi connectivity index (χ2n) is 21.5. The summed E-state index contributed by atoms with van der Waals surface area (Å²) in [4.78, 5) is 122. The fourth-order valence-corrected chi connectivity index (χ4v) is 8.80. The van der Waals surface area contributed by atoms with Crippen molar-refractivity contribution in [1.82, 2.24) is 51.0 Å². The number of carbonyl (C=O) groups is 8. The van der Waals surface area contributed by atoms with E-state index in [1.165, 1.54) is 19.4 Å². The standard InChI is InChI=1S/C60H72N10O11/c1-39(55(76)79-9)63-50(71)33-49(56(77)80-58(2,3)4)66-52(73)46(30-44-36-70(38-62-44)35-40-22-14-10-15-23-40)64-54(75)48(65-53(74)47(31-45-34-61-37-69(45)8)67-57(78)81-59(5,6)7)32-51(72)68-60(41-24-16-11-17-25-41,42-26-18-12-19-27-42)43-28-20-13-21-29-43/h10-29,34,36-39,46-49H,30-33,35H2,1-9H3,(H,63,71)(H,64,75)(H,65,74)(H,66,73)(H,67,78)(H,68,72)/t39-,46-,47-,48-,49+/m0/s1. The van der Waals surface area contributed by atoms with Gasteiger partial charge in [-0.15, -0.1) is 0 Å². The number of hydrogen-bond donors (Lipinski definition) is 6. The molecular formula is C60H72N10O11. The summed E-state index contributed by atoms with van der Waals surface area (Å²) < 4.78 is 19.3. The van der Waals surface area contributed by atoms with Gasteiger partial charge in [0.1, 0.15) is 47.0 Å². The number of benzene rings is 4. The van der Waals surface area contributed by atoms with E-state index in [9.17, 15) is 28.8 Å². The maximum absolute atomic E-state index is 15.3. The highest BCUT2D eigenvalue weighted by molar-refractivity contribution is 5.98. The maximum Gasteiger partial charge on any atom is 0.408 e. The van der Waals surface area contributed by atoms with Crippen LogP contribution in [0.2, 0.25) is 0 Å². The number of aryl methyl sites for hydroxylation is 1. The number of rotatable bonds is 24. The first-order valence-corrected chi connectivity index (χ1v) is 26.4. The van der Waals surface area contributed by atoms with Crippen LogP contribution in [0.5, 0.6) is 0 Å². The third-order valence-corrected chi connectivity index (χ3v) is 12.6. The zero-order valence-electron chi connectivity index (χ0n) is 47.1. The summed E-state index contributed by atoms with van der Waals surface area (Å²) in [6, 6.07) is 29.5. The van der Waals surface area contributed by atoms with Crippen molar-refractivity contribution in [1.29, 1.82) is 0 Å². The smallest absolute Gasteiger partial charge is 0.408 e. The Labute approximate surface area is 471 Å². The lowest BCUT2D eigenvalue weighted by Gasteiger charge is -2.37. The Kier molecular flexibility index (Phi) is 20.8. The summed E-state index contributed by atoms with van der Waals surface area (Å²) in [5.41, 5.74) is 0.318. The number of methoxy groups -OCH3 is 1. The summed E-state index contributed by atoms with van der Waals surface area (Å²) >= 11 is 0. The Morgan fingerprint density at radius 3 is 1.54 bits per heavy atom. The molecule has 4 aromatic carbocycles. The molecule has 21 nitrogen and oxygen atoms in total. The van der Waals surface area contributed by atoms with E-state index < -0.39 is 107 Å². The number of esters is 2. The molecule has 0 saturated heterocycles. The molecule has 6 aromatic rings. The molecule has 0 saturated carbocycles. The molecule has 0 unspecified atom stereocenters. The minimum atomic E-state index is -1.79. The van der Waals surface area contributed by atoms with Gasteiger partial charge in [0.2, 0.25) is 29.5 Å². The number of aromatic nitrogens is 4. The Balaban J connectivity index is 1.42. The first-order valence-electron chi connectivity index (χ1n) is 26.4. The Morgan fingerprint density at radius 2 is 1.04 bits per heavy atom. The van der Waals surface area contributed by atoms with Crippen molar-refractivity contribution in [3.05, 3.63) is 180 Å². The van der Waals surface area contributed by atoms with Crippen LogP contribution in [0.4, 0.5) is 4.79 Å². The highest BCUT2D eigenvalue weighted by Crippen LogP contribution is 2.37. The minimum Gasteiger partial charge on any atom is -0.467 e. The van der Waals surface area contributed by atoms with Crippen LogP contribution in [0.15, 0.2) is 146 Å². The highest BCUT2D eigenvalue weighted by Gasteiger charge is 2.41. The van der Waals surface area contributed by atoms with Crippen LogP contribution < -0.4 is 31.9 Å². The first kappa shape index (κ1) is 61.1. The van der Waals surface area contributed by atoms with Crippen LogP contribution in [0, 0.1) is 0 Å². The number of hydrogen-bond acceptors (Lipinski definition) is 13. The molecule has 0 aliphatic rings. The van der Waals surface area contributed by atoms with Gasteiger partial charge in [0.15, 0.2) is 0 Å². The van der Waals surface area contributed by atoms with Gasteiger partial charge in [-0.2, -0.15) is 0 Å². The summed E-state index contributed by atoms with van der Waals surface area (Å²) in [5, 5.41) is 16.3. The molecule has 2 aromatic heterocycles. The van der Waals surface area contributed by atoms with Crippen LogP contribution in [0.3, 0.4) is 0 Å². The molecular weight excluding hydrogens is 1040 g/mol. The molecule has 0 bridgehead atoms. The molecule has 0 aliphatic carbocycles. The van der Waals surface area contributed by atoms with Crippen molar-refractivity contribution < 1.29 is 52.6 Å². The molecule has 0 spiro atoms. The number of ether oxygens (including phenoxy) is 3. The van der Waals surface area contributed by atoms with Crippen molar-refractivity contribution >= 4 is 47.6 Å². The molecule has 6 amide bonds. The van der Waals surface area contributed by atoms with Crippen molar-refractivity contribution in [3.63, 3.8) is 0 Å². The van der Waals surface area contributed by atoms with Gasteiger partial charge in [-0.05, 0) is 70.7 Å². The second-order valence-corrected chi connectivity index (χ2v) is 21.5. The summed E-state index contributed by atoms with van der Waals surface area (Å²) in [7, 11) is 2.84. The van der Waals surface area contributed by atoms with E-state index in [1.807, 2.05) is 121 Å². The third kappa shape index (κ3) is 17.9. The third-order valence-electron chi connectivity index (χ3n) is 12.6. The summed E-state index contributed by atoms with van der Waals surface area (Å²) in [5.74, 6) is -6.26. The number of alkyl carbamates (subject to hydrolysis) is 1. The quantitative estimate of drug-likeness (QED) is 0.0273. The van der Waals surface area contributed by atoms with Crippen molar-refractivity contribution in [2.24, 2.45) is 7.05 Å². The Hall–Kier alpha value is -9.14. The van der Waals surface area contributed by atoms with E-state index >= 15 is 9.59 Å². The van der Waals surface area contributed by atoms with Crippen molar-refractivity contribution in [2.75, 3.05) is 7.11 Å². The molecule has 81 heavy (non-hydrogen) atoms. The Bertz CT molecular complexity index is 3000. The molecule has 0 aliphatic heterocycles. The molecule has 6 N–H and O–H groups in total. The first-order chi connectivity index (χ1) is 38.4. The van der Waals surface area contributed by atoms with Crippen LogP contribution in [0.25, 0.3) is 0 Å². The lowest BCUT2D eigenvalue weighted by atomic mass is 9.77. The van der Waals surface area contributed by atoms with Gasteiger partial charge in [-0.1, -0.05) is 121 Å². The number of carbonyl (C=O) groups excluding carboxylic acids is 8. The van der Waals surface area contributed by atoms with Gasteiger partial charge in [0.25, 0.3) is 0 Å². The lowest BCUT2D eigenvalue weighted by Crippen LogP contribution is -2.60. The fraction of sp³-hybridized carbons (Fsp3) is 0.367. The fourth-order valence-electron chi connectivity index (χ4n) is 8.80. The van der Waals surface area contributed by atoms with E-state index in [0.29, 0.717) is 34.6 Å². The summed E-state index contributed by atoms with van der Waals surface area (Å²) in [6.07, 6.45) is 3.37. The van der Waals surface area contributed by atoms with Gasteiger partial charge < -0.3 is 55.2 Å². The SMILES string of the molecule is COC(=O)[C@H](C)NC(=O)C[C@@H](NC(=O)[C@H](Cc1cn(Cc2ccccc2)cn1)NC(=O)[C@H](CC(=O)NC(c1ccccc1)(c1ccccc1)c1ccccc1)NC(=O)[C@H](Cc1cncn1C)NC(=O)OC(C)(C)C)C(=O)OC(C)(C)C. The van der Waals surface area contributed by atoms with Crippen molar-refractivity contribution in [2.45, 2.75) is 128 Å². The number of imidazole rings is 2. The topological polar surface area (TPSA) is 272 Å². The monoisotopic (exact) mass is 1110 g/mol. The van der Waals surface area contributed by atoms with E-state index in [0.717, 1.165) is 12.7 Å². The number of nitrogens with zero attached hydrogens (tertiary/aromatic N) is 4.